The first-order valence-electron chi connectivity index (χ1n) is 10.8. The lowest BCUT2D eigenvalue weighted by Crippen LogP contribution is -2.30. The van der Waals surface area contributed by atoms with Gasteiger partial charge in [0.25, 0.3) is 5.56 Å². The van der Waals surface area contributed by atoms with Crippen molar-refractivity contribution in [2.75, 3.05) is 0 Å². The van der Waals surface area contributed by atoms with Gasteiger partial charge in [-0.2, -0.15) is 13.2 Å². The third kappa shape index (κ3) is 4.13. The fourth-order valence-electron chi connectivity index (χ4n) is 4.14. The van der Waals surface area contributed by atoms with Crippen LogP contribution in [-0.4, -0.2) is 29.4 Å². The number of aromatic nitrogens is 6. The van der Waals surface area contributed by atoms with Gasteiger partial charge in [-0.25, -0.2) is 14.2 Å². The topological polar surface area (TPSA) is 78.0 Å². The Balaban J connectivity index is 1.80. The number of pyridine rings is 2. The van der Waals surface area contributed by atoms with E-state index in [9.17, 15) is 18.0 Å². The van der Waals surface area contributed by atoms with Crippen LogP contribution in [0.2, 0.25) is 5.02 Å². The number of hydrogen-bond donors (Lipinski definition) is 0. The predicted molar refractivity (Wildman–Crippen MR) is 129 cm³/mol. The molecule has 5 rings (SSSR count). The summed E-state index contributed by atoms with van der Waals surface area (Å²) in [5.41, 5.74) is 1.91. The quantitative estimate of drug-likeness (QED) is 0.325. The molecule has 36 heavy (non-hydrogen) atoms. The lowest BCUT2D eigenvalue weighted by atomic mass is 9.97. The summed E-state index contributed by atoms with van der Waals surface area (Å²) in [7, 11) is 0. The number of halogens is 4. The molecule has 0 unspecified atom stereocenters. The van der Waals surface area contributed by atoms with E-state index in [2.05, 4.69) is 20.2 Å². The summed E-state index contributed by atoms with van der Waals surface area (Å²) in [6.45, 7) is 3.15. The summed E-state index contributed by atoms with van der Waals surface area (Å²) in [6, 6.07) is 12.7. The third-order valence-electron chi connectivity index (χ3n) is 5.87. The van der Waals surface area contributed by atoms with Crippen LogP contribution in [0.1, 0.15) is 22.8 Å². The van der Waals surface area contributed by atoms with Crippen LogP contribution >= 0.6 is 11.6 Å². The molecule has 0 radical (unpaired) electrons. The minimum absolute atomic E-state index is 0.0375. The number of nitrogens with zero attached hydrogens (tertiary/aromatic N) is 6. The largest absolute Gasteiger partial charge is 0.433 e. The van der Waals surface area contributed by atoms with E-state index < -0.39 is 11.9 Å². The maximum absolute atomic E-state index is 14.1. The monoisotopic (exact) mass is 510 g/mol. The molecule has 0 fully saturated rings. The molecule has 0 saturated heterocycles. The maximum Gasteiger partial charge on any atom is 0.433 e. The molecule has 0 aliphatic rings. The van der Waals surface area contributed by atoms with Crippen molar-refractivity contribution in [3.05, 3.63) is 99.1 Å². The average molecular weight is 511 g/mol. The van der Waals surface area contributed by atoms with Crippen molar-refractivity contribution >= 4 is 17.2 Å². The van der Waals surface area contributed by atoms with Gasteiger partial charge in [-0.15, -0.1) is 10.2 Å². The molecular formula is C25H18ClF3N6O. The molecular weight excluding hydrogens is 493 g/mol. The highest BCUT2D eigenvalue weighted by atomic mass is 35.5. The van der Waals surface area contributed by atoms with Crippen molar-refractivity contribution < 1.29 is 13.2 Å². The van der Waals surface area contributed by atoms with Crippen molar-refractivity contribution in [3.63, 3.8) is 0 Å². The summed E-state index contributed by atoms with van der Waals surface area (Å²) < 4.78 is 42.4. The lowest BCUT2D eigenvalue weighted by molar-refractivity contribution is -0.141. The van der Waals surface area contributed by atoms with E-state index >= 15 is 0 Å². The average Bonchev–Trinajstić information content (AvgIpc) is 3.23. The van der Waals surface area contributed by atoms with Crippen LogP contribution in [0, 0.1) is 13.8 Å². The Hall–Kier alpha value is -4.05. The van der Waals surface area contributed by atoms with Crippen LogP contribution in [0.5, 0.6) is 0 Å². The molecule has 182 valence electrons. The fraction of sp³-hybridized carbons (Fsp3) is 0.160. The molecule has 0 saturated carbocycles. The predicted octanol–water partition coefficient (Wildman–Crippen LogP) is 5.35. The van der Waals surface area contributed by atoms with Gasteiger partial charge < -0.3 is 0 Å². The number of rotatable bonds is 4. The number of aryl methyl sites for hydroxylation is 2. The SMILES string of the molecule is Cc1nc(C(F)(F)F)ccc1Cn1c(=O)c(-c2ccncc2)c(-c2ccc(Cl)cc2)c2nnc(C)n21. The fourth-order valence-corrected chi connectivity index (χ4v) is 4.26. The molecule has 4 aromatic heterocycles. The minimum Gasteiger partial charge on any atom is -0.267 e. The van der Waals surface area contributed by atoms with Gasteiger partial charge in [-0.3, -0.25) is 9.78 Å². The van der Waals surface area contributed by atoms with Crippen LogP contribution in [-0.2, 0) is 12.7 Å². The Kier molecular flexibility index (Phi) is 5.83. The van der Waals surface area contributed by atoms with Crippen LogP contribution in [0.3, 0.4) is 0 Å². The summed E-state index contributed by atoms with van der Waals surface area (Å²) in [5.74, 6) is 0.441. The molecule has 0 aliphatic heterocycles. The molecule has 0 atom stereocenters. The standard InChI is InChI=1S/C25H18ClF3N6O/c1-14-18(5-8-20(31-14)25(27,28)29)13-34-24(36)22(17-9-11-30-12-10-17)21(16-3-6-19(26)7-4-16)23-33-32-15(2)35(23)34/h3-12H,13H2,1-2H3. The van der Waals surface area contributed by atoms with Crippen molar-refractivity contribution in [1.29, 1.82) is 0 Å². The second-order valence-corrected chi connectivity index (χ2v) is 8.61. The Morgan fingerprint density at radius 1 is 0.889 bits per heavy atom. The summed E-state index contributed by atoms with van der Waals surface area (Å²) in [5, 5.41) is 9.09. The van der Waals surface area contributed by atoms with Gasteiger partial charge in [0, 0.05) is 28.7 Å². The second kappa shape index (κ2) is 8.87. The van der Waals surface area contributed by atoms with Crippen molar-refractivity contribution in [3.8, 4) is 22.3 Å². The van der Waals surface area contributed by atoms with E-state index in [-0.39, 0.29) is 17.8 Å². The Bertz CT molecular complexity index is 1640. The molecule has 1 aromatic carbocycles. The van der Waals surface area contributed by atoms with Gasteiger partial charge in [0.05, 0.1) is 12.1 Å². The number of hydrogen-bond acceptors (Lipinski definition) is 5. The molecule has 0 spiro atoms. The Morgan fingerprint density at radius 3 is 2.19 bits per heavy atom. The zero-order valence-electron chi connectivity index (χ0n) is 19.1. The Labute approximate surface area is 207 Å². The van der Waals surface area contributed by atoms with E-state index in [1.165, 1.54) is 17.7 Å². The van der Waals surface area contributed by atoms with Gasteiger partial charge >= 0.3 is 6.18 Å². The minimum atomic E-state index is -4.56. The zero-order chi connectivity index (χ0) is 25.6. The maximum atomic E-state index is 14.1. The molecule has 4 heterocycles. The third-order valence-corrected chi connectivity index (χ3v) is 6.12. The second-order valence-electron chi connectivity index (χ2n) is 8.18. The van der Waals surface area contributed by atoms with Gasteiger partial charge in [-0.05, 0) is 60.9 Å². The smallest absolute Gasteiger partial charge is 0.267 e. The highest BCUT2D eigenvalue weighted by molar-refractivity contribution is 6.30. The molecule has 5 aromatic rings. The van der Waals surface area contributed by atoms with E-state index in [0.717, 1.165) is 6.07 Å². The van der Waals surface area contributed by atoms with E-state index in [1.54, 1.807) is 60.2 Å². The van der Waals surface area contributed by atoms with Crippen molar-refractivity contribution in [1.82, 2.24) is 29.4 Å². The number of alkyl halides is 3. The summed E-state index contributed by atoms with van der Waals surface area (Å²) in [4.78, 5) is 21.8. The number of fused-ring (bicyclic) bond motifs is 1. The molecule has 11 heteroatoms. The van der Waals surface area contributed by atoms with Crippen molar-refractivity contribution in [2.45, 2.75) is 26.6 Å². The summed E-state index contributed by atoms with van der Waals surface area (Å²) >= 11 is 6.10. The van der Waals surface area contributed by atoms with Crippen LogP contribution < -0.4 is 5.56 Å². The summed E-state index contributed by atoms with van der Waals surface area (Å²) in [6.07, 6.45) is -1.41. The van der Waals surface area contributed by atoms with Gasteiger partial charge in [0.15, 0.2) is 5.65 Å². The molecule has 7 nitrogen and oxygen atoms in total. The first kappa shape index (κ1) is 23.7. The van der Waals surface area contributed by atoms with E-state index in [1.807, 2.05) is 0 Å². The number of benzene rings is 1. The Morgan fingerprint density at radius 2 is 1.56 bits per heavy atom. The molecule has 0 amide bonds. The van der Waals surface area contributed by atoms with Gasteiger partial charge in [0.2, 0.25) is 0 Å². The van der Waals surface area contributed by atoms with Crippen LogP contribution in [0.15, 0.2) is 65.7 Å². The van der Waals surface area contributed by atoms with Crippen LogP contribution in [0.25, 0.3) is 27.9 Å². The van der Waals surface area contributed by atoms with Gasteiger partial charge in [-0.1, -0.05) is 29.8 Å². The molecule has 0 aliphatic carbocycles. The first-order chi connectivity index (χ1) is 17.1. The zero-order valence-corrected chi connectivity index (χ0v) is 19.8. The van der Waals surface area contributed by atoms with Crippen molar-refractivity contribution in [2.24, 2.45) is 0 Å². The molecule has 0 N–H and O–H groups in total. The van der Waals surface area contributed by atoms with Gasteiger partial charge in [0.1, 0.15) is 11.5 Å². The lowest BCUT2D eigenvalue weighted by Gasteiger charge is -2.18. The van der Waals surface area contributed by atoms with E-state index in [4.69, 9.17) is 11.6 Å². The highest BCUT2D eigenvalue weighted by Crippen LogP contribution is 2.34. The highest BCUT2D eigenvalue weighted by Gasteiger charge is 2.33. The van der Waals surface area contributed by atoms with Crippen LogP contribution in [0.4, 0.5) is 13.2 Å². The molecule has 0 bridgehead atoms. The first-order valence-corrected chi connectivity index (χ1v) is 11.2. The van der Waals surface area contributed by atoms with E-state index in [0.29, 0.717) is 44.3 Å². The normalized spacial score (nSPS) is 11.8.